The molecule has 1 aliphatic rings. The van der Waals surface area contributed by atoms with Crippen LogP contribution in [-0.2, 0) is 4.79 Å². The van der Waals surface area contributed by atoms with Crippen LogP contribution in [-0.4, -0.2) is 33.2 Å². The van der Waals surface area contributed by atoms with Crippen LogP contribution in [0, 0.1) is 11.7 Å². The summed E-state index contributed by atoms with van der Waals surface area (Å²) in [7, 11) is 2.90. The van der Waals surface area contributed by atoms with E-state index in [-0.39, 0.29) is 29.9 Å². The molecule has 0 spiro atoms. The smallest absolute Gasteiger partial charge is 0.227 e. The molecule has 2 rings (SSSR count). The van der Waals surface area contributed by atoms with Gasteiger partial charge in [-0.3, -0.25) is 4.79 Å². The number of carbonyl (C=O) groups excluding carboxylic acids is 1. The zero-order valence-corrected chi connectivity index (χ0v) is 12.9. The Hall–Kier alpha value is -1.53. The molecular weight excluding hydrogens is 299 g/mol. The van der Waals surface area contributed by atoms with Crippen LogP contribution in [0.4, 0.5) is 10.1 Å². The second-order valence-electron chi connectivity index (χ2n) is 4.70. The Morgan fingerprint density at radius 1 is 1.24 bits per heavy atom. The monoisotopic (exact) mass is 318 g/mol. The second-order valence-corrected chi connectivity index (χ2v) is 4.70. The summed E-state index contributed by atoms with van der Waals surface area (Å²) >= 11 is 0. The molecule has 0 aromatic heterocycles. The molecule has 7 heteroatoms. The summed E-state index contributed by atoms with van der Waals surface area (Å²) < 4.78 is 24.0. The standard InChI is InChI=1S/C14H19FN2O3.ClH/c1-19-12-7-10(15)11(8-13(12)20-2)17-14(18)9-3-5-16-6-4-9;/h7-9,16H,3-6H2,1-2H3,(H,17,18);1H. The fourth-order valence-electron chi connectivity index (χ4n) is 2.27. The quantitative estimate of drug-likeness (QED) is 0.893. The Morgan fingerprint density at radius 2 is 1.81 bits per heavy atom. The summed E-state index contributed by atoms with van der Waals surface area (Å²) in [5.74, 6) is -0.0920. The van der Waals surface area contributed by atoms with Gasteiger partial charge in [0.2, 0.25) is 5.91 Å². The number of amides is 1. The van der Waals surface area contributed by atoms with Gasteiger partial charge in [0.15, 0.2) is 17.3 Å². The van der Waals surface area contributed by atoms with Crippen molar-refractivity contribution in [2.24, 2.45) is 5.92 Å². The molecule has 0 saturated carbocycles. The molecule has 0 radical (unpaired) electrons. The first-order chi connectivity index (χ1) is 9.65. The van der Waals surface area contributed by atoms with Gasteiger partial charge < -0.3 is 20.1 Å². The molecule has 2 N–H and O–H groups in total. The van der Waals surface area contributed by atoms with Gasteiger partial charge in [-0.15, -0.1) is 12.4 Å². The summed E-state index contributed by atoms with van der Waals surface area (Å²) in [5.41, 5.74) is 0.117. The average Bonchev–Trinajstić information content (AvgIpc) is 2.49. The number of rotatable bonds is 4. The number of ether oxygens (including phenoxy) is 2. The normalized spacial score (nSPS) is 15.0. The Morgan fingerprint density at radius 3 is 2.38 bits per heavy atom. The number of hydrogen-bond acceptors (Lipinski definition) is 4. The number of hydrogen-bond donors (Lipinski definition) is 2. The third-order valence-electron chi connectivity index (χ3n) is 3.44. The molecule has 118 valence electrons. The molecule has 1 saturated heterocycles. The van der Waals surface area contributed by atoms with Crippen molar-refractivity contribution in [1.82, 2.24) is 5.32 Å². The van der Waals surface area contributed by atoms with Gasteiger partial charge in [0, 0.05) is 18.1 Å². The van der Waals surface area contributed by atoms with Crippen molar-refractivity contribution in [3.8, 4) is 11.5 Å². The Kier molecular flexibility index (Phi) is 6.71. The van der Waals surface area contributed by atoms with E-state index in [4.69, 9.17) is 9.47 Å². The summed E-state index contributed by atoms with van der Waals surface area (Å²) in [4.78, 5) is 12.1. The highest BCUT2D eigenvalue weighted by molar-refractivity contribution is 5.93. The molecular formula is C14H20ClFN2O3. The van der Waals surface area contributed by atoms with Crippen LogP contribution < -0.4 is 20.1 Å². The number of methoxy groups -OCH3 is 2. The molecule has 5 nitrogen and oxygen atoms in total. The van der Waals surface area contributed by atoms with Gasteiger partial charge in [-0.1, -0.05) is 0 Å². The third kappa shape index (κ3) is 4.22. The van der Waals surface area contributed by atoms with Gasteiger partial charge in [0.05, 0.1) is 19.9 Å². The van der Waals surface area contributed by atoms with Crippen molar-refractivity contribution in [2.75, 3.05) is 32.6 Å². The maximum atomic E-state index is 13.9. The molecule has 1 aromatic rings. The van der Waals surface area contributed by atoms with Crippen molar-refractivity contribution in [3.63, 3.8) is 0 Å². The van der Waals surface area contributed by atoms with Crippen LogP contribution in [0.2, 0.25) is 0 Å². The first-order valence-electron chi connectivity index (χ1n) is 6.58. The zero-order valence-electron chi connectivity index (χ0n) is 12.1. The summed E-state index contributed by atoms with van der Waals surface area (Å²) in [6.45, 7) is 1.62. The summed E-state index contributed by atoms with van der Waals surface area (Å²) in [6, 6.07) is 2.64. The number of halogens is 2. The highest BCUT2D eigenvalue weighted by Gasteiger charge is 2.22. The third-order valence-corrected chi connectivity index (χ3v) is 3.44. The summed E-state index contributed by atoms with van der Waals surface area (Å²) in [6.07, 6.45) is 1.53. The number of benzene rings is 1. The number of anilines is 1. The van der Waals surface area contributed by atoms with Crippen LogP contribution in [0.3, 0.4) is 0 Å². The fourth-order valence-corrected chi connectivity index (χ4v) is 2.27. The van der Waals surface area contributed by atoms with E-state index in [1.54, 1.807) is 0 Å². The highest BCUT2D eigenvalue weighted by atomic mass is 35.5. The first kappa shape index (κ1) is 17.5. The molecule has 0 bridgehead atoms. The van der Waals surface area contributed by atoms with E-state index in [0.29, 0.717) is 11.5 Å². The molecule has 21 heavy (non-hydrogen) atoms. The summed E-state index contributed by atoms with van der Waals surface area (Å²) in [5, 5.41) is 5.82. The van der Waals surface area contributed by atoms with E-state index in [1.165, 1.54) is 26.4 Å². The number of piperidine rings is 1. The minimum Gasteiger partial charge on any atom is -0.493 e. The predicted molar refractivity (Wildman–Crippen MR) is 81.0 cm³/mol. The Bertz CT molecular complexity index is 493. The number of carbonyl (C=O) groups is 1. The lowest BCUT2D eigenvalue weighted by Gasteiger charge is -2.22. The van der Waals surface area contributed by atoms with E-state index in [0.717, 1.165) is 25.9 Å². The van der Waals surface area contributed by atoms with Crippen LogP contribution in [0.5, 0.6) is 11.5 Å². The largest absolute Gasteiger partial charge is 0.493 e. The molecule has 1 heterocycles. The minimum absolute atomic E-state index is 0. The topological polar surface area (TPSA) is 59.6 Å². The van der Waals surface area contributed by atoms with Gasteiger partial charge in [0.25, 0.3) is 0 Å². The molecule has 1 aliphatic heterocycles. The maximum Gasteiger partial charge on any atom is 0.227 e. The van der Waals surface area contributed by atoms with Crippen LogP contribution >= 0.6 is 12.4 Å². The van der Waals surface area contributed by atoms with Crippen LogP contribution in [0.1, 0.15) is 12.8 Å². The highest BCUT2D eigenvalue weighted by Crippen LogP contribution is 2.32. The molecule has 0 atom stereocenters. The van der Waals surface area contributed by atoms with E-state index < -0.39 is 5.82 Å². The van der Waals surface area contributed by atoms with Gasteiger partial charge in [0.1, 0.15) is 0 Å². The van der Waals surface area contributed by atoms with E-state index >= 15 is 0 Å². The van der Waals surface area contributed by atoms with Crippen molar-refractivity contribution < 1.29 is 18.7 Å². The zero-order chi connectivity index (χ0) is 14.5. The van der Waals surface area contributed by atoms with E-state index in [1.807, 2.05) is 0 Å². The molecule has 0 unspecified atom stereocenters. The van der Waals surface area contributed by atoms with Crippen molar-refractivity contribution in [2.45, 2.75) is 12.8 Å². The SMILES string of the molecule is COc1cc(F)c(NC(=O)C2CCNCC2)cc1OC.Cl. The number of nitrogens with one attached hydrogen (secondary N) is 2. The van der Waals surface area contributed by atoms with Crippen molar-refractivity contribution >= 4 is 24.0 Å². The fraction of sp³-hybridized carbons (Fsp3) is 0.500. The van der Waals surface area contributed by atoms with Crippen molar-refractivity contribution in [1.29, 1.82) is 0 Å². The minimum atomic E-state index is -0.537. The van der Waals surface area contributed by atoms with Crippen molar-refractivity contribution in [3.05, 3.63) is 17.9 Å². The Balaban J connectivity index is 0.00000220. The lowest BCUT2D eigenvalue weighted by Crippen LogP contribution is -2.34. The lowest BCUT2D eigenvalue weighted by atomic mass is 9.97. The van der Waals surface area contributed by atoms with Gasteiger partial charge in [-0.2, -0.15) is 0 Å². The second kappa shape index (κ2) is 8.05. The van der Waals surface area contributed by atoms with Gasteiger partial charge in [-0.25, -0.2) is 4.39 Å². The first-order valence-corrected chi connectivity index (χ1v) is 6.58. The average molecular weight is 319 g/mol. The van der Waals surface area contributed by atoms with E-state index in [2.05, 4.69) is 10.6 Å². The lowest BCUT2D eigenvalue weighted by molar-refractivity contribution is -0.120. The Labute approximate surface area is 129 Å². The molecule has 0 aliphatic carbocycles. The van der Waals surface area contributed by atoms with Gasteiger partial charge in [-0.05, 0) is 25.9 Å². The van der Waals surface area contributed by atoms with Crippen LogP contribution in [0.25, 0.3) is 0 Å². The molecule has 1 fully saturated rings. The predicted octanol–water partition coefficient (Wildman–Crippen LogP) is 2.20. The van der Waals surface area contributed by atoms with E-state index in [9.17, 15) is 9.18 Å². The van der Waals surface area contributed by atoms with Crippen LogP contribution in [0.15, 0.2) is 12.1 Å². The molecule has 1 aromatic carbocycles. The van der Waals surface area contributed by atoms with Gasteiger partial charge >= 0.3 is 0 Å². The maximum absolute atomic E-state index is 13.9. The molecule has 1 amide bonds.